The van der Waals surface area contributed by atoms with Crippen molar-refractivity contribution >= 4 is 16.5 Å². The Hall–Kier alpha value is -0.570. The van der Waals surface area contributed by atoms with E-state index in [9.17, 15) is 0 Å². The average Bonchev–Trinajstić information content (AvgIpc) is 2.62. The van der Waals surface area contributed by atoms with E-state index in [0.717, 1.165) is 5.13 Å². The molecule has 0 fully saturated rings. The summed E-state index contributed by atoms with van der Waals surface area (Å²) < 4.78 is 0. The molecule has 84 valence electrons. The molecule has 0 amide bonds. The topological polar surface area (TPSA) is 24.9 Å². The molecule has 1 atom stereocenters. The van der Waals surface area contributed by atoms with Gasteiger partial charge >= 0.3 is 0 Å². The standard InChI is InChI=1S/C12H20N2S/c1-8(2)12(3)7-5-6-9-10(12)14-11(13-4)15-9/h8H,5-7H2,1-4H3,(H,13,14). The van der Waals surface area contributed by atoms with E-state index in [2.05, 4.69) is 26.1 Å². The van der Waals surface area contributed by atoms with Crippen LogP contribution in [0.4, 0.5) is 5.13 Å². The van der Waals surface area contributed by atoms with Crippen LogP contribution in [0.5, 0.6) is 0 Å². The van der Waals surface area contributed by atoms with Gasteiger partial charge in [0.2, 0.25) is 0 Å². The number of nitrogens with one attached hydrogen (secondary N) is 1. The van der Waals surface area contributed by atoms with Crippen LogP contribution in [-0.4, -0.2) is 12.0 Å². The Labute approximate surface area is 96.1 Å². The van der Waals surface area contributed by atoms with Gasteiger partial charge in [0.05, 0.1) is 5.69 Å². The van der Waals surface area contributed by atoms with E-state index in [0.29, 0.717) is 11.3 Å². The second kappa shape index (κ2) is 3.78. The van der Waals surface area contributed by atoms with Crippen molar-refractivity contribution in [1.29, 1.82) is 0 Å². The lowest BCUT2D eigenvalue weighted by Gasteiger charge is -2.36. The Morgan fingerprint density at radius 1 is 1.47 bits per heavy atom. The summed E-state index contributed by atoms with van der Waals surface area (Å²) in [6.07, 6.45) is 3.81. The van der Waals surface area contributed by atoms with Gasteiger partial charge in [-0.25, -0.2) is 4.98 Å². The number of hydrogen-bond acceptors (Lipinski definition) is 3. The van der Waals surface area contributed by atoms with Crippen LogP contribution in [0.1, 0.15) is 44.2 Å². The Bertz CT molecular complexity index is 357. The Kier molecular flexibility index (Phi) is 2.75. The van der Waals surface area contributed by atoms with Gasteiger partial charge in [0.25, 0.3) is 0 Å². The minimum Gasteiger partial charge on any atom is -0.365 e. The zero-order chi connectivity index (χ0) is 11.1. The van der Waals surface area contributed by atoms with Gasteiger partial charge in [0.1, 0.15) is 0 Å². The van der Waals surface area contributed by atoms with Gasteiger partial charge in [0.15, 0.2) is 5.13 Å². The maximum atomic E-state index is 4.75. The molecule has 3 heteroatoms. The summed E-state index contributed by atoms with van der Waals surface area (Å²) >= 11 is 1.83. The fourth-order valence-corrected chi connectivity index (χ4v) is 3.47. The first-order valence-corrected chi connectivity index (χ1v) is 6.57. The van der Waals surface area contributed by atoms with Crippen LogP contribution in [0.3, 0.4) is 0 Å². The lowest BCUT2D eigenvalue weighted by atomic mass is 9.69. The smallest absolute Gasteiger partial charge is 0.182 e. The molecule has 2 nitrogen and oxygen atoms in total. The number of aromatic nitrogens is 1. The molecule has 0 saturated carbocycles. The molecule has 1 N–H and O–H groups in total. The number of anilines is 1. The SMILES string of the molecule is CNc1nc2c(s1)CCCC2(C)C(C)C. The van der Waals surface area contributed by atoms with Gasteiger partial charge in [-0.3, -0.25) is 0 Å². The molecule has 0 bridgehead atoms. The number of fused-ring (bicyclic) bond motifs is 1. The molecule has 1 aromatic heterocycles. The van der Waals surface area contributed by atoms with Gasteiger partial charge in [-0.15, -0.1) is 11.3 Å². The maximum Gasteiger partial charge on any atom is 0.182 e. The molecule has 0 saturated heterocycles. The highest BCUT2D eigenvalue weighted by Crippen LogP contribution is 2.44. The van der Waals surface area contributed by atoms with Gasteiger partial charge in [-0.1, -0.05) is 20.8 Å². The van der Waals surface area contributed by atoms with Crippen LogP contribution in [0.2, 0.25) is 0 Å². The highest BCUT2D eigenvalue weighted by molar-refractivity contribution is 7.15. The van der Waals surface area contributed by atoms with E-state index in [4.69, 9.17) is 4.98 Å². The second-order valence-electron chi connectivity index (χ2n) is 4.97. The highest BCUT2D eigenvalue weighted by atomic mass is 32.1. The number of rotatable bonds is 2. The lowest BCUT2D eigenvalue weighted by molar-refractivity contribution is 0.284. The third-order valence-corrected chi connectivity index (χ3v) is 4.96. The molecule has 0 spiro atoms. The normalized spacial score (nSPS) is 25.4. The van der Waals surface area contributed by atoms with Crippen LogP contribution in [0.15, 0.2) is 0 Å². The molecule has 0 aliphatic heterocycles. The summed E-state index contributed by atoms with van der Waals surface area (Å²) in [6, 6.07) is 0. The minimum atomic E-state index is 0.291. The maximum absolute atomic E-state index is 4.75. The molecule has 1 aliphatic carbocycles. The number of thiazole rings is 1. The van der Waals surface area contributed by atoms with Crippen molar-refractivity contribution in [3.8, 4) is 0 Å². The predicted molar refractivity (Wildman–Crippen MR) is 66.8 cm³/mol. The second-order valence-corrected chi connectivity index (χ2v) is 6.05. The van der Waals surface area contributed by atoms with E-state index in [1.54, 1.807) is 0 Å². The van der Waals surface area contributed by atoms with E-state index in [1.807, 2.05) is 18.4 Å². The van der Waals surface area contributed by atoms with Crippen molar-refractivity contribution in [1.82, 2.24) is 4.98 Å². The Morgan fingerprint density at radius 3 is 2.80 bits per heavy atom. The molecule has 1 unspecified atom stereocenters. The summed E-state index contributed by atoms with van der Waals surface area (Å²) in [5.74, 6) is 0.670. The Morgan fingerprint density at radius 2 is 2.20 bits per heavy atom. The van der Waals surface area contributed by atoms with Gasteiger partial charge in [-0.05, 0) is 25.2 Å². The van der Waals surface area contributed by atoms with Crippen molar-refractivity contribution < 1.29 is 0 Å². The first kappa shape index (κ1) is 10.9. The van der Waals surface area contributed by atoms with Crippen molar-refractivity contribution in [2.45, 2.75) is 45.4 Å². The fraction of sp³-hybridized carbons (Fsp3) is 0.750. The lowest BCUT2D eigenvalue weighted by Crippen LogP contribution is -2.32. The van der Waals surface area contributed by atoms with Crippen LogP contribution >= 0.6 is 11.3 Å². The first-order valence-electron chi connectivity index (χ1n) is 5.76. The average molecular weight is 224 g/mol. The zero-order valence-corrected chi connectivity index (χ0v) is 10.9. The van der Waals surface area contributed by atoms with Crippen LogP contribution < -0.4 is 5.32 Å². The van der Waals surface area contributed by atoms with Crippen LogP contribution in [0.25, 0.3) is 0 Å². The monoisotopic (exact) mass is 224 g/mol. The van der Waals surface area contributed by atoms with Crippen molar-refractivity contribution in [3.05, 3.63) is 10.6 Å². The molecular weight excluding hydrogens is 204 g/mol. The summed E-state index contributed by atoms with van der Waals surface area (Å²) in [5, 5.41) is 4.25. The van der Waals surface area contributed by atoms with Crippen molar-refractivity contribution in [2.24, 2.45) is 5.92 Å². The van der Waals surface area contributed by atoms with Gasteiger partial charge in [0, 0.05) is 17.3 Å². The fourth-order valence-electron chi connectivity index (χ4n) is 2.37. The summed E-state index contributed by atoms with van der Waals surface area (Å²) in [6.45, 7) is 7.00. The predicted octanol–water partition coefficient (Wildman–Crippen LogP) is 3.43. The molecule has 2 rings (SSSR count). The van der Waals surface area contributed by atoms with Crippen LogP contribution in [-0.2, 0) is 11.8 Å². The summed E-state index contributed by atoms with van der Waals surface area (Å²) in [5.41, 5.74) is 1.65. The van der Waals surface area contributed by atoms with Crippen molar-refractivity contribution in [2.75, 3.05) is 12.4 Å². The van der Waals surface area contributed by atoms with E-state index >= 15 is 0 Å². The number of hydrogen-bond donors (Lipinski definition) is 1. The van der Waals surface area contributed by atoms with Gasteiger partial charge in [-0.2, -0.15) is 0 Å². The minimum absolute atomic E-state index is 0.291. The van der Waals surface area contributed by atoms with E-state index in [-0.39, 0.29) is 0 Å². The zero-order valence-electron chi connectivity index (χ0n) is 10.1. The molecule has 1 heterocycles. The van der Waals surface area contributed by atoms with Crippen molar-refractivity contribution in [3.63, 3.8) is 0 Å². The molecule has 1 aromatic rings. The van der Waals surface area contributed by atoms with Gasteiger partial charge < -0.3 is 5.32 Å². The van der Waals surface area contributed by atoms with Crippen LogP contribution in [0, 0.1) is 5.92 Å². The molecule has 0 aromatic carbocycles. The van der Waals surface area contributed by atoms with E-state index < -0.39 is 0 Å². The quantitative estimate of drug-likeness (QED) is 0.832. The first-order chi connectivity index (χ1) is 7.08. The summed E-state index contributed by atoms with van der Waals surface area (Å²) in [4.78, 5) is 6.25. The Balaban J connectivity index is 2.45. The third kappa shape index (κ3) is 1.67. The number of aryl methyl sites for hydroxylation is 1. The molecule has 1 aliphatic rings. The third-order valence-electron chi connectivity index (χ3n) is 3.83. The van der Waals surface area contributed by atoms with E-state index in [1.165, 1.54) is 29.8 Å². The number of nitrogens with zero attached hydrogens (tertiary/aromatic N) is 1. The largest absolute Gasteiger partial charge is 0.365 e. The highest BCUT2D eigenvalue weighted by Gasteiger charge is 2.37. The summed E-state index contributed by atoms with van der Waals surface area (Å²) in [7, 11) is 1.96. The molecular formula is C12H20N2S. The molecule has 15 heavy (non-hydrogen) atoms. The molecule has 0 radical (unpaired) electrons.